The average Bonchev–Trinajstić information content (AvgIpc) is 3.17. The highest BCUT2D eigenvalue weighted by Gasteiger charge is 2.38. The lowest BCUT2D eigenvalue weighted by atomic mass is 9.94. The number of benzene rings is 2. The summed E-state index contributed by atoms with van der Waals surface area (Å²) >= 11 is 0. The minimum Gasteiger partial charge on any atom is -0.497 e. The zero-order chi connectivity index (χ0) is 19.4. The highest BCUT2D eigenvalue weighted by atomic mass is 16.5. The van der Waals surface area contributed by atoms with E-state index in [1.807, 2.05) is 47.4 Å². The predicted octanol–water partition coefficient (Wildman–Crippen LogP) is 3.35. The van der Waals surface area contributed by atoms with Crippen LogP contribution in [-0.2, 0) is 4.79 Å². The van der Waals surface area contributed by atoms with Crippen LogP contribution in [0.25, 0.3) is 0 Å². The van der Waals surface area contributed by atoms with Gasteiger partial charge >= 0.3 is 5.97 Å². The van der Waals surface area contributed by atoms with E-state index in [0.29, 0.717) is 24.5 Å². The molecule has 6 heteroatoms. The van der Waals surface area contributed by atoms with Crippen LogP contribution in [0.4, 0.5) is 0 Å². The molecule has 1 N–H and O–H groups in total. The van der Waals surface area contributed by atoms with E-state index in [4.69, 9.17) is 14.2 Å². The first-order valence-corrected chi connectivity index (χ1v) is 8.94. The van der Waals surface area contributed by atoms with Crippen LogP contribution in [0.2, 0.25) is 0 Å². The van der Waals surface area contributed by atoms with Gasteiger partial charge in [-0.2, -0.15) is 0 Å². The van der Waals surface area contributed by atoms with Gasteiger partial charge < -0.3 is 19.3 Å². The Labute approximate surface area is 159 Å². The van der Waals surface area contributed by atoms with E-state index < -0.39 is 12.0 Å². The molecule has 1 fully saturated rings. The molecule has 0 aliphatic carbocycles. The summed E-state index contributed by atoms with van der Waals surface area (Å²) < 4.78 is 16.5. The van der Waals surface area contributed by atoms with Gasteiger partial charge in [-0.3, -0.25) is 9.69 Å². The molecule has 144 valence electrons. The van der Waals surface area contributed by atoms with Gasteiger partial charge in [0.25, 0.3) is 0 Å². The van der Waals surface area contributed by atoms with Crippen molar-refractivity contribution >= 4 is 5.97 Å². The van der Waals surface area contributed by atoms with Crippen molar-refractivity contribution in [3.05, 3.63) is 53.6 Å². The Kier molecular flexibility index (Phi) is 5.86. The van der Waals surface area contributed by atoms with Crippen molar-refractivity contribution in [2.75, 3.05) is 27.9 Å². The van der Waals surface area contributed by atoms with Gasteiger partial charge in [-0.15, -0.1) is 0 Å². The largest absolute Gasteiger partial charge is 0.497 e. The molecule has 0 radical (unpaired) electrons. The Morgan fingerprint density at radius 3 is 2.56 bits per heavy atom. The lowest BCUT2D eigenvalue weighted by molar-refractivity contribution is -0.142. The third-order valence-electron chi connectivity index (χ3n) is 5.05. The SMILES string of the molecule is COc1cccc(C(c2cccc(OC)c2OC)N2CCCC2C(=O)O)c1. The van der Waals surface area contributed by atoms with Gasteiger partial charge in [0.2, 0.25) is 0 Å². The molecule has 0 amide bonds. The van der Waals surface area contributed by atoms with Crippen LogP contribution >= 0.6 is 0 Å². The maximum atomic E-state index is 11.9. The number of hydrogen-bond acceptors (Lipinski definition) is 5. The van der Waals surface area contributed by atoms with Crippen molar-refractivity contribution in [2.45, 2.75) is 24.9 Å². The Hall–Kier alpha value is -2.73. The van der Waals surface area contributed by atoms with Gasteiger partial charge in [-0.1, -0.05) is 24.3 Å². The summed E-state index contributed by atoms with van der Waals surface area (Å²) in [4.78, 5) is 13.9. The van der Waals surface area contributed by atoms with Crippen LogP contribution in [0.1, 0.15) is 30.0 Å². The van der Waals surface area contributed by atoms with Crippen molar-refractivity contribution in [3.63, 3.8) is 0 Å². The molecule has 2 aromatic rings. The van der Waals surface area contributed by atoms with Crippen LogP contribution in [0, 0.1) is 0 Å². The van der Waals surface area contributed by atoms with Gasteiger partial charge in [-0.05, 0) is 36.6 Å². The molecule has 1 heterocycles. The highest BCUT2D eigenvalue weighted by molar-refractivity contribution is 5.74. The fourth-order valence-corrected chi connectivity index (χ4v) is 3.85. The normalized spacial score (nSPS) is 18.1. The van der Waals surface area contributed by atoms with E-state index >= 15 is 0 Å². The Balaban J connectivity index is 2.18. The predicted molar refractivity (Wildman–Crippen MR) is 102 cm³/mol. The molecule has 0 spiro atoms. The van der Waals surface area contributed by atoms with Crippen LogP contribution in [-0.4, -0.2) is 49.9 Å². The summed E-state index contributed by atoms with van der Waals surface area (Å²) in [5.41, 5.74) is 1.83. The summed E-state index contributed by atoms with van der Waals surface area (Å²) in [6.45, 7) is 0.694. The molecule has 2 atom stereocenters. The van der Waals surface area contributed by atoms with Gasteiger partial charge in [0.1, 0.15) is 11.8 Å². The smallest absolute Gasteiger partial charge is 0.320 e. The number of carboxylic acids is 1. The first kappa shape index (κ1) is 19.0. The number of rotatable bonds is 7. The number of para-hydroxylation sites is 1. The third-order valence-corrected chi connectivity index (χ3v) is 5.05. The minimum absolute atomic E-state index is 0.284. The molecular weight excluding hydrogens is 346 g/mol. The summed E-state index contributed by atoms with van der Waals surface area (Å²) in [6.07, 6.45) is 1.46. The van der Waals surface area contributed by atoms with E-state index in [1.54, 1.807) is 21.3 Å². The second-order valence-corrected chi connectivity index (χ2v) is 6.50. The van der Waals surface area contributed by atoms with E-state index in [2.05, 4.69) is 0 Å². The number of ether oxygens (including phenoxy) is 3. The number of nitrogens with zero attached hydrogens (tertiary/aromatic N) is 1. The van der Waals surface area contributed by atoms with Crippen LogP contribution in [0.15, 0.2) is 42.5 Å². The monoisotopic (exact) mass is 371 g/mol. The molecule has 3 rings (SSSR count). The van der Waals surface area contributed by atoms with Crippen LogP contribution < -0.4 is 14.2 Å². The van der Waals surface area contributed by atoms with Crippen molar-refractivity contribution in [1.82, 2.24) is 4.90 Å². The average molecular weight is 371 g/mol. The number of hydrogen-bond donors (Lipinski definition) is 1. The molecule has 1 aliphatic heterocycles. The molecule has 0 saturated carbocycles. The number of methoxy groups -OCH3 is 3. The minimum atomic E-state index is -0.803. The summed E-state index contributed by atoms with van der Waals surface area (Å²) in [5.74, 6) is 1.16. The van der Waals surface area contributed by atoms with Gasteiger partial charge in [-0.25, -0.2) is 0 Å². The molecule has 6 nitrogen and oxygen atoms in total. The molecule has 27 heavy (non-hydrogen) atoms. The molecule has 2 aromatic carbocycles. The summed E-state index contributed by atoms with van der Waals surface area (Å²) in [5, 5.41) is 9.73. The standard InChI is InChI=1S/C21H25NO5/c1-25-15-8-4-7-14(13-15)19(22-12-6-10-17(22)21(23)24)16-9-5-11-18(26-2)20(16)27-3/h4-5,7-9,11,13,17,19H,6,10,12H2,1-3H3,(H,23,24). The van der Waals surface area contributed by atoms with Crippen LogP contribution in [0.5, 0.6) is 17.2 Å². The first-order valence-electron chi connectivity index (χ1n) is 8.94. The first-order chi connectivity index (χ1) is 13.1. The summed E-state index contributed by atoms with van der Waals surface area (Å²) in [7, 11) is 4.82. The van der Waals surface area contributed by atoms with Crippen molar-refractivity contribution in [1.29, 1.82) is 0 Å². The lowest BCUT2D eigenvalue weighted by Crippen LogP contribution is -2.39. The number of likely N-dealkylation sites (tertiary alicyclic amines) is 1. The Morgan fingerprint density at radius 1 is 1.11 bits per heavy atom. The Morgan fingerprint density at radius 2 is 1.89 bits per heavy atom. The number of aliphatic carboxylic acids is 1. The van der Waals surface area contributed by atoms with E-state index in [9.17, 15) is 9.90 Å². The zero-order valence-corrected chi connectivity index (χ0v) is 15.8. The van der Waals surface area contributed by atoms with Gasteiger partial charge in [0, 0.05) is 12.1 Å². The van der Waals surface area contributed by atoms with Crippen molar-refractivity contribution < 1.29 is 24.1 Å². The molecular formula is C21H25NO5. The molecule has 1 saturated heterocycles. The van der Waals surface area contributed by atoms with Gasteiger partial charge in [0.05, 0.1) is 27.4 Å². The second kappa shape index (κ2) is 8.31. The fourth-order valence-electron chi connectivity index (χ4n) is 3.85. The second-order valence-electron chi connectivity index (χ2n) is 6.50. The number of carboxylic acid groups (broad SMARTS) is 1. The highest BCUT2D eigenvalue weighted by Crippen LogP contribution is 2.43. The fraction of sp³-hybridized carbons (Fsp3) is 0.381. The van der Waals surface area contributed by atoms with Crippen LogP contribution in [0.3, 0.4) is 0 Å². The molecule has 2 unspecified atom stereocenters. The lowest BCUT2D eigenvalue weighted by Gasteiger charge is -2.33. The van der Waals surface area contributed by atoms with Crippen molar-refractivity contribution in [3.8, 4) is 17.2 Å². The third kappa shape index (κ3) is 3.71. The van der Waals surface area contributed by atoms with E-state index in [1.165, 1.54) is 0 Å². The summed E-state index contributed by atoms with van der Waals surface area (Å²) in [6, 6.07) is 12.6. The maximum Gasteiger partial charge on any atom is 0.320 e. The molecule has 0 bridgehead atoms. The number of carbonyl (C=O) groups is 1. The Bertz CT molecular complexity index is 807. The zero-order valence-electron chi connectivity index (χ0n) is 15.8. The molecule has 1 aliphatic rings. The quantitative estimate of drug-likeness (QED) is 0.805. The van der Waals surface area contributed by atoms with E-state index in [-0.39, 0.29) is 6.04 Å². The van der Waals surface area contributed by atoms with E-state index in [0.717, 1.165) is 23.3 Å². The maximum absolute atomic E-state index is 11.9. The molecule has 0 aromatic heterocycles. The topological polar surface area (TPSA) is 68.2 Å². The van der Waals surface area contributed by atoms with Gasteiger partial charge in [0.15, 0.2) is 11.5 Å². The van der Waals surface area contributed by atoms with Crippen molar-refractivity contribution in [2.24, 2.45) is 0 Å².